The van der Waals surface area contributed by atoms with Gasteiger partial charge in [0.25, 0.3) is 0 Å². The molecule has 0 amide bonds. The van der Waals surface area contributed by atoms with Crippen molar-refractivity contribution in [2.75, 3.05) is 7.05 Å². The van der Waals surface area contributed by atoms with Crippen LogP contribution in [0.1, 0.15) is 52.4 Å². The Balaban J connectivity index is 1.79. The largest absolute Gasteiger partial charge is 0.299 e. The predicted molar refractivity (Wildman–Crippen MR) is 105 cm³/mol. The molecule has 1 N–H and O–H groups in total. The maximum Gasteiger partial charge on any atom is 0.136 e. The molecular weight excluding hydrogens is 330 g/mol. The highest BCUT2D eigenvalue weighted by Crippen LogP contribution is 2.56. The molecule has 0 bridgehead atoms. The van der Waals surface area contributed by atoms with Gasteiger partial charge in [-0.2, -0.15) is 0 Å². The van der Waals surface area contributed by atoms with Crippen LogP contribution >= 0.6 is 0 Å². The van der Waals surface area contributed by atoms with Gasteiger partial charge in [0.05, 0.1) is 9.71 Å². The lowest BCUT2D eigenvalue weighted by Crippen LogP contribution is -2.39. The van der Waals surface area contributed by atoms with Gasteiger partial charge in [0.1, 0.15) is 5.78 Å². The fourth-order valence-electron chi connectivity index (χ4n) is 5.28. The van der Waals surface area contributed by atoms with E-state index in [1.807, 2.05) is 35.7 Å². The molecular formula is C21H31NO2S. The number of carbonyl (C=O) groups excluding carboxylic acids is 1. The Morgan fingerprint density at radius 3 is 2.72 bits per heavy atom. The van der Waals surface area contributed by atoms with Crippen molar-refractivity contribution in [1.82, 2.24) is 4.72 Å². The molecule has 1 aromatic rings. The van der Waals surface area contributed by atoms with E-state index in [0.717, 1.165) is 37.0 Å². The monoisotopic (exact) mass is 361 g/mol. The van der Waals surface area contributed by atoms with Gasteiger partial charge in [0.2, 0.25) is 0 Å². The van der Waals surface area contributed by atoms with Crippen LogP contribution in [0.5, 0.6) is 0 Å². The van der Waals surface area contributed by atoms with Crippen molar-refractivity contribution in [2.45, 2.75) is 57.3 Å². The van der Waals surface area contributed by atoms with Crippen LogP contribution in [0.4, 0.5) is 0 Å². The van der Waals surface area contributed by atoms with E-state index in [2.05, 4.69) is 18.6 Å². The molecule has 0 saturated heterocycles. The van der Waals surface area contributed by atoms with Crippen LogP contribution in [0, 0.1) is 23.2 Å². The van der Waals surface area contributed by atoms with E-state index in [4.69, 9.17) is 0 Å². The molecule has 0 radical (unpaired) electrons. The molecule has 0 heterocycles. The minimum Gasteiger partial charge on any atom is -0.299 e. The van der Waals surface area contributed by atoms with E-state index in [1.165, 1.54) is 6.42 Å². The molecule has 0 spiro atoms. The molecule has 2 fully saturated rings. The van der Waals surface area contributed by atoms with Gasteiger partial charge in [-0.1, -0.05) is 32.0 Å². The maximum atomic E-state index is 13.3. The zero-order valence-corrected chi connectivity index (χ0v) is 16.5. The van der Waals surface area contributed by atoms with Crippen LogP contribution in [-0.2, 0) is 14.5 Å². The Morgan fingerprint density at radius 2 is 2.04 bits per heavy atom. The Labute approximate surface area is 152 Å². The lowest BCUT2D eigenvalue weighted by atomic mass is 9.62. The summed E-state index contributed by atoms with van der Waals surface area (Å²) in [4.78, 5) is 13.2. The summed E-state index contributed by atoms with van der Waals surface area (Å²) in [6.07, 6.45) is 5.97. The second-order valence-electron chi connectivity index (χ2n) is 8.06. The second-order valence-corrected chi connectivity index (χ2v) is 10.5. The second kappa shape index (κ2) is 7.24. The Kier molecular flexibility index (Phi) is 5.40. The van der Waals surface area contributed by atoms with Crippen LogP contribution in [0.15, 0.2) is 35.2 Å². The zero-order chi connectivity index (χ0) is 18.1. The van der Waals surface area contributed by atoms with Gasteiger partial charge in [0.15, 0.2) is 0 Å². The molecule has 138 valence electrons. The van der Waals surface area contributed by atoms with Gasteiger partial charge in [0, 0.05) is 17.2 Å². The Hall–Kier alpha value is -1.13. The third-order valence-electron chi connectivity index (χ3n) is 6.72. The molecule has 1 unspecified atom stereocenters. The molecule has 0 aromatic heterocycles. The van der Waals surface area contributed by atoms with Crippen LogP contribution in [0.3, 0.4) is 0 Å². The summed E-state index contributed by atoms with van der Waals surface area (Å²) in [5, 5.41) is 1.98. The zero-order valence-electron chi connectivity index (χ0n) is 15.7. The van der Waals surface area contributed by atoms with E-state index < -0.39 is 9.71 Å². The number of carbonyl (C=O) groups is 1. The maximum absolute atomic E-state index is 13.3. The minimum absolute atomic E-state index is 0.149. The van der Waals surface area contributed by atoms with Gasteiger partial charge in [-0.3, -0.25) is 4.79 Å². The minimum atomic E-state index is -2.33. The summed E-state index contributed by atoms with van der Waals surface area (Å²) in [7, 11) is -0.565. The third kappa shape index (κ3) is 3.43. The number of Topliss-reactive ketones (excluding diaryl/α,β-unsaturated/α-hetero) is 1. The van der Waals surface area contributed by atoms with Gasteiger partial charge < -0.3 is 0 Å². The molecule has 3 nitrogen and oxygen atoms in total. The highest BCUT2D eigenvalue weighted by atomic mass is 32.2. The van der Waals surface area contributed by atoms with Gasteiger partial charge >= 0.3 is 0 Å². The fraction of sp³-hybridized carbons (Fsp3) is 0.619. The fourth-order valence-corrected chi connectivity index (χ4v) is 7.01. The SMILES string of the molecule is CNS(=O)(=CC[C@@H](C)[C@H]1CC[C@H]2C(=O)CCC[C@]12C)c1ccccc1. The average molecular weight is 362 g/mol. The molecule has 2 saturated carbocycles. The molecule has 1 aromatic carbocycles. The van der Waals surface area contributed by atoms with E-state index >= 15 is 0 Å². The number of nitrogens with one attached hydrogen (secondary N) is 1. The molecule has 2 aliphatic carbocycles. The lowest BCUT2D eigenvalue weighted by molar-refractivity contribution is -0.130. The molecule has 3 rings (SSSR count). The summed E-state index contributed by atoms with van der Waals surface area (Å²) in [5.41, 5.74) is 0.149. The molecule has 2 aliphatic rings. The molecule has 4 heteroatoms. The summed E-state index contributed by atoms with van der Waals surface area (Å²) in [5.74, 6) is 1.74. The van der Waals surface area contributed by atoms with Crippen LogP contribution < -0.4 is 4.72 Å². The molecule has 25 heavy (non-hydrogen) atoms. The molecule has 0 aliphatic heterocycles. The quantitative estimate of drug-likeness (QED) is 0.803. The first-order valence-corrected chi connectivity index (χ1v) is 11.2. The highest BCUT2D eigenvalue weighted by molar-refractivity contribution is 7.99. The number of benzene rings is 1. The van der Waals surface area contributed by atoms with Gasteiger partial charge in [-0.05, 0) is 73.9 Å². The third-order valence-corrected chi connectivity index (χ3v) is 8.96. The number of hydrogen-bond acceptors (Lipinski definition) is 2. The first kappa shape index (κ1) is 18.7. The van der Waals surface area contributed by atoms with Crippen molar-refractivity contribution < 1.29 is 9.00 Å². The van der Waals surface area contributed by atoms with Crippen molar-refractivity contribution in [1.29, 1.82) is 0 Å². The van der Waals surface area contributed by atoms with Crippen LogP contribution in [0.25, 0.3) is 0 Å². The lowest BCUT2D eigenvalue weighted by Gasteiger charge is -2.42. The average Bonchev–Trinajstić information content (AvgIpc) is 2.98. The summed E-state index contributed by atoms with van der Waals surface area (Å²) >= 11 is 0. The van der Waals surface area contributed by atoms with E-state index in [9.17, 15) is 9.00 Å². The summed E-state index contributed by atoms with van der Waals surface area (Å²) in [6, 6.07) is 9.65. The smallest absolute Gasteiger partial charge is 0.136 e. The van der Waals surface area contributed by atoms with Gasteiger partial charge in [-0.15, -0.1) is 0 Å². The van der Waals surface area contributed by atoms with E-state index in [1.54, 1.807) is 7.05 Å². The van der Waals surface area contributed by atoms with E-state index in [0.29, 0.717) is 17.6 Å². The topological polar surface area (TPSA) is 46.2 Å². The van der Waals surface area contributed by atoms with Gasteiger partial charge in [-0.25, -0.2) is 8.93 Å². The van der Waals surface area contributed by atoms with Crippen molar-refractivity contribution in [2.24, 2.45) is 23.2 Å². The van der Waals surface area contributed by atoms with Crippen molar-refractivity contribution in [3.8, 4) is 0 Å². The standard InChI is InChI=1S/C21H31NO2S/c1-16(13-15-25(24,22-3)17-8-5-4-6-9-17)18-11-12-19-20(23)10-7-14-21(18,19)2/h4-6,8-9,15-16,18-19H,7,10-14H2,1-3H3,(H,22,24)/t16-,18-,19+,21-,25?/m1/s1. The van der Waals surface area contributed by atoms with Crippen LogP contribution in [-0.4, -0.2) is 22.4 Å². The highest BCUT2D eigenvalue weighted by Gasteiger charge is 2.52. The first-order chi connectivity index (χ1) is 11.9. The van der Waals surface area contributed by atoms with Crippen molar-refractivity contribution in [3.63, 3.8) is 0 Å². The van der Waals surface area contributed by atoms with Crippen LogP contribution in [0.2, 0.25) is 0 Å². The van der Waals surface area contributed by atoms with E-state index in [-0.39, 0.29) is 11.3 Å². The normalized spacial score (nSPS) is 32.7. The number of ketones is 1. The van der Waals surface area contributed by atoms with Crippen molar-refractivity contribution in [3.05, 3.63) is 30.3 Å². The number of fused-ring (bicyclic) bond motifs is 1. The molecule has 5 atom stereocenters. The number of hydrogen-bond donors (Lipinski definition) is 1. The number of rotatable bonds is 5. The predicted octanol–water partition coefficient (Wildman–Crippen LogP) is 4.08. The Morgan fingerprint density at radius 1 is 1.32 bits per heavy atom. The Bertz CT molecular complexity index is 736. The summed E-state index contributed by atoms with van der Waals surface area (Å²) in [6.45, 7) is 4.60. The summed E-state index contributed by atoms with van der Waals surface area (Å²) < 4.78 is 16.3. The first-order valence-electron chi connectivity index (χ1n) is 9.54. The van der Waals surface area contributed by atoms with Crippen molar-refractivity contribution >= 4 is 20.9 Å².